The van der Waals surface area contributed by atoms with Crippen LogP contribution in [0.4, 0.5) is 0 Å². The molecule has 0 saturated heterocycles. The molecule has 1 heteroatoms. The van der Waals surface area contributed by atoms with Crippen molar-refractivity contribution in [2.75, 3.05) is 0 Å². The Morgan fingerprint density at radius 1 is 0.792 bits per heavy atom. The molecule has 2 heterocycles. The standard InChI is InChI=1S/C19H13N.C4H8/c1-12-6-4-8-15-16-10-5-9-14-13-7-2-3-11-17(13)20(18(12)15)19(14)16;1-3-4-2/h2-11H,1H3;3H,1,4H2,2H3. The van der Waals surface area contributed by atoms with Crippen molar-refractivity contribution in [3.63, 3.8) is 0 Å². The third-order valence-corrected chi connectivity index (χ3v) is 4.73. The quantitative estimate of drug-likeness (QED) is 0.302. The summed E-state index contributed by atoms with van der Waals surface area (Å²) < 4.78 is 2.44. The van der Waals surface area contributed by atoms with Crippen LogP contribution in [0.15, 0.2) is 73.3 Å². The minimum atomic E-state index is 1.08. The summed E-state index contributed by atoms with van der Waals surface area (Å²) in [5.74, 6) is 0. The lowest BCUT2D eigenvalue weighted by molar-refractivity contribution is 1.23. The molecule has 2 aromatic heterocycles. The van der Waals surface area contributed by atoms with Crippen LogP contribution in [0, 0.1) is 6.92 Å². The summed E-state index contributed by atoms with van der Waals surface area (Å²) in [6, 6.07) is 21.9. The lowest BCUT2D eigenvalue weighted by Gasteiger charge is -2.00. The zero-order valence-corrected chi connectivity index (χ0v) is 14.2. The minimum absolute atomic E-state index is 1.08. The summed E-state index contributed by atoms with van der Waals surface area (Å²) >= 11 is 0. The molecule has 0 N–H and O–H groups in total. The van der Waals surface area contributed by atoms with Gasteiger partial charge in [0.15, 0.2) is 0 Å². The van der Waals surface area contributed by atoms with Crippen LogP contribution in [0.2, 0.25) is 0 Å². The van der Waals surface area contributed by atoms with Gasteiger partial charge in [-0.05, 0) is 25.0 Å². The molecule has 0 saturated carbocycles. The monoisotopic (exact) mass is 311 g/mol. The Labute approximate surface area is 142 Å². The fraction of sp³-hybridized carbons (Fsp3) is 0.130. The third kappa shape index (κ3) is 1.94. The van der Waals surface area contributed by atoms with E-state index < -0.39 is 0 Å². The van der Waals surface area contributed by atoms with Crippen molar-refractivity contribution in [3.8, 4) is 0 Å². The summed E-state index contributed by atoms with van der Waals surface area (Å²) in [4.78, 5) is 0. The highest BCUT2D eigenvalue weighted by Gasteiger charge is 2.16. The van der Waals surface area contributed by atoms with Crippen molar-refractivity contribution in [1.29, 1.82) is 0 Å². The summed E-state index contributed by atoms with van der Waals surface area (Å²) in [5.41, 5.74) is 5.35. The van der Waals surface area contributed by atoms with E-state index in [1.807, 2.05) is 6.08 Å². The van der Waals surface area contributed by atoms with Crippen molar-refractivity contribution in [1.82, 2.24) is 4.40 Å². The first-order chi connectivity index (χ1) is 11.8. The van der Waals surface area contributed by atoms with Gasteiger partial charge in [0, 0.05) is 21.5 Å². The maximum atomic E-state index is 3.48. The minimum Gasteiger partial charge on any atom is -0.308 e. The first-order valence-corrected chi connectivity index (χ1v) is 8.51. The Balaban J connectivity index is 0.000000332. The molecule has 0 spiro atoms. The van der Waals surface area contributed by atoms with E-state index in [0.29, 0.717) is 0 Å². The number of hydrogen-bond donors (Lipinski definition) is 0. The van der Waals surface area contributed by atoms with Crippen LogP contribution in [0.3, 0.4) is 0 Å². The first kappa shape index (κ1) is 14.8. The van der Waals surface area contributed by atoms with Crippen LogP contribution in [0.1, 0.15) is 18.9 Å². The van der Waals surface area contributed by atoms with Crippen molar-refractivity contribution in [2.24, 2.45) is 0 Å². The number of para-hydroxylation sites is 3. The maximum Gasteiger partial charge on any atom is 0.0620 e. The van der Waals surface area contributed by atoms with E-state index in [1.54, 1.807) is 0 Å². The maximum absolute atomic E-state index is 3.48. The zero-order chi connectivity index (χ0) is 16.7. The highest BCUT2D eigenvalue weighted by molar-refractivity contribution is 6.23. The average molecular weight is 311 g/mol. The van der Waals surface area contributed by atoms with Crippen molar-refractivity contribution in [3.05, 3.63) is 78.9 Å². The first-order valence-electron chi connectivity index (χ1n) is 8.51. The molecular weight excluding hydrogens is 290 g/mol. The number of nitrogens with zero attached hydrogens (tertiary/aromatic N) is 1. The summed E-state index contributed by atoms with van der Waals surface area (Å²) in [6.07, 6.45) is 2.96. The lowest BCUT2D eigenvalue weighted by Crippen LogP contribution is -1.83. The molecular formula is C23H21N. The fourth-order valence-corrected chi connectivity index (χ4v) is 3.64. The Morgan fingerprint density at radius 2 is 1.33 bits per heavy atom. The van der Waals surface area contributed by atoms with E-state index in [0.717, 1.165) is 6.42 Å². The van der Waals surface area contributed by atoms with E-state index in [9.17, 15) is 0 Å². The van der Waals surface area contributed by atoms with Crippen molar-refractivity contribution < 1.29 is 0 Å². The van der Waals surface area contributed by atoms with E-state index in [2.05, 4.69) is 85.5 Å². The second kappa shape index (κ2) is 5.68. The van der Waals surface area contributed by atoms with Gasteiger partial charge in [-0.25, -0.2) is 0 Å². The average Bonchev–Trinajstić information content (AvgIpc) is 3.14. The molecule has 118 valence electrons. The van der Waals surface area contributed by atoms with Crippen LogP contribution in [0.25, 0.3) is 38.1 Å². The van der Waals surface area contributed by atoms with Gasteiger partial charge in [-0.1, -0.05) is 67.6 Å². The highest BCUT2D eigenvalue weighted by Crippen LogP contribution is 2.39. The molecule has 3 aromatic carbocycles. The predicted octanol–water partition coefficient (Wildman–Crippen LogP) is 6.73. The summed E-state index contributed by atoms with van der Waals surface area (Å²) in [6.45, 7) is 7.74. The van der Waals surface area contributed by atoms with Gasteiger partial charge in [-0.2, -0.15) is 0 Å². The molecule has 0 unspecified atom stereocenters. The molecule has 0 radical (unpaired) electrons. The van der Waals surface area contributed by atoms with Gasteiger partial charge < -0.3 is 4.40 Å². The normalized spacial score (nSPS) is 11.2. The predicted molar refractivity (Wildman–Crippen MR) is 106 cm³/mol. The molecule has 5 rings (SSSR count). The second-order valence-electron chi connectivity index (χ2n) is 6.22. The van der Waals surface area contributed by atoms with Gasteiger partial charge in [-0.15, -0.1) is 6.58 Å². The topological polar surface area (TPSA) is 4.41 Å². The smallest absolute Gasteiger partial charge is 0.0620 e. The number of allylic oxidation sites excluding steroid dienone is 1. The third-order valence-electron chi connectivity index (χ3n) is 4.73. The van der Waals surface area contributed by atoms with Crippen LogP contribution < -0.4 is 0 Å². The van der Waals surface area contributed by atoms with Gasteiger partial charge in [0.2, 0.25) is 0 Å². The number of hydrogen-bond acceptors (Lipinski definition) is 0. The van der Waals surface area contributed by atoms with E-state index in [-0.39, 0.29) is 0 Å². The van der Waals surface area contributed by atoms with Crippen molar-refractivity contribution in [2.45, 2.75) is 20.3 Å². The number of benzene rings is 3. The second-order valence-corrected chi connectivity index (χ2v) is 6.22. The van der Waals surface area contributed by atoms with E-state index >= 15 is 0 Å². The molecule has 0 amide bonds. The van der Waals surface area contributed by atoms with Gasteiger partial charge in [0.25, 0.3) is 0 Å². The Kier molecular flexibility index (Phi) is 3.50. The van der Waals surface area contributed by atoms with E-state index in [4.69, 9.17) is 0 Å². The number of aromatic nitrogens is 1. The van der Waals surface area contributed by atoms with Gasteiger partial charge >= 0.3 is 0 Å². The largest absolute Gasteiger partial charge is 0.308 e. The van der Waals surface area contributed by atoms with Gasteiger partial charge in [0.1, 0.15) is 0 Å². The molecule has 0 atom stereocenters. The molecule has 0 aliphatic carbocycles. The Bertz CT molecular complexity index is 1160. The number of aryl methyl sites for hydroxylation is 1. The summed E-state index contributed by atoms with van der Waals surface area (Å²) in [7, 11) is 0. The molecule has 0 bridgehead atoms. The van der Waals surface area contributed by atoms with Crippen LogP contribution >= 0.6 is 0 Å². The Hall–Kier alpha value is -2.80. The zero-order valence-electron chi connectivity index (χ0n) is 14.2. The molecule has 24 heavy (non-hydrogen) atoms. The Morgan fingerprint density at radius 3 is 2.04 bits per heavy atom. The fourth-order valence-electron chi connectivity index (χ4n) is 3.64. The van der Waals surface area contributed by atoms with Crippen LogP contribution in [0.5, 0.6) is 0 Å². The highest BCUT2D eigenvalue weighted by atomic mass is 14.9. The van der Waals surface area contributed by atoms with Crippen LogP contribution in [-0.4, -0.2) is 4.40 Å². The molecule has 0 fully saturated rings. The SMILES string of the molecule is C=CCC.Cc1cccc2c3cccc4c5ccccc5n(c12)c43. The lowest BCUT2D eigenvalue weighted by atomic mass is 10.1. The number of fused-ring (bicyclic) bond motifs is 6. The molecule has 1 nitrogen and oxygen atoms in total. The van der Waals surface area contributed by atoms with Crippen molar-refractivity contribution >= 4 is 38.1 Å². The van der Waals surface area contributed by atoms with Gasteiger partial charge in [0.05, 0.1) is 16.6 Å². The summed E-state index contributed by atoms with van der Waals surface area (Å²) in [5, 5.41) is 5.42. The molecule has 0 aliphatic heterocycles. The van der Waals surface area contributed by atoms with E-state index in [1.165, 1.54) is 43.7 Å². The van der Waals surface area contributed by atoms with Crippen LogP contribution in [-0.2, 0) is 0 Å². The number of rotatable bonds is 1. The molecule has 5 aromatic rings. The van der Waals surface area contributed by atoms with Gasteiger partial charge in [-0.3, -0.25) is 0 Å². The molecule has 0 aliphatic rings.